The summed E-state index contributed by atoms with van der Waals surface area (Å²) < 4.78 is 0. The minimum absolute atomic E-state index is 0.0172. The summed E-state index contributed by atoms with van der Waals surface area (Å²) in [6.45, 7) is 7.10. The van der Waals surface area contributed by atoms with Crippen LogP contribution < -0.4 is 11.1 Å². The molecule has 0 unspecified atom stereocenters. The van der Waals surface area contributed by atoms with Crippen LogP contribution in [0.3, 0.4) is 0 Å². The van der Waals surface area contributed by atoms with Crippen molar-refractivity contribution < 1.29 is 14.4 Å². The van der Waals surface area contributed by atoms with E-state index in [1.165, 1.54) is 0 Å². The molecule has 21 heavy (non-hydrogen) atoms. The van der Waals surface area contributed by atoms with E-state index in [0.717, 1.165) is 0 Å². The fourth-order valence-electron chi connectivity index (χ4n) is 2.20. The number of piperazine rings is 1. The van der Waals surface area contributed by atoms with Crippen LogP contribution in [0.2, 0.25) is 0 Å². The molecule has 0 aliphatic carbocycles. The van der Waals surface area contributed by atoms with Crippen LogP contribution in [0.5, 0.6) is 0 Å². The van der Waals surface area contributed by atoms with E-state index in [4.69, 9.17) is 5.73 Å². The van der Waals surface area contributed by atoms with Crippen LogP contribution in [0.1, 0.15) is 13.8 Å². The van der Waals surface area contributed by atoms with Crippen molar-refractivity contribution in [1.29, 1.82) is 0 Å². The molecule has 3 N–H and O–H groups in total. The summed E-state index contributed by atoms with van der Waals surface area (Å²) >= 11 is 0. The lowest BCUT2D eigenvalue weighted by Crippen LogP contribution is -2.55. The van der Waals surface area contributed by atoms with Gasteiger partial charge in [-0.2, -0.15) is 0 Å². The van der Waals surface area contributed by atoms with Crippen LogP contribution in [0.4, 0.5) is 4.79 Å². The molecule has 0 saturated carbocycles. The maximum atomic E-state index is 12.2. The van der Waals surface area contributed by atoms with Crippen molar-refractivity contribution in [2.24, 2.45) is 5.73 Å². The van der Waals surface area contributed by atoms with E-state index in [1.807, 2.05) is 13.8 Å². The average molecular weight is 299 g/mol. The number of rotatable bonds is 5. The zero-order valence-electron chi connectivity index (χ0n) is 12.8. The molecule has 1 saturated heterocycles. The van der Waals surface area contributed by atoms with Gasteiger partial charge in [0.15, 0.2) is 0 Å². The lowest BCUT2D eigenvalue weighted by Gasteiger charge is -2.37. The first kappa shape index (κ1) is 17.2. The van der Waals surface area contributed by atoms with Crippen molar-refractivity contribution in [1.82, 2.24) is 20.0 Å². The van der Waals surface area contributed by atoms with Gasteiger partial charge in [0.1, 0.15) is 0 Å². The molecule has 0 spiro atoms. The van der Waals surface area contributed by atoms with Crippen LogP contribution in [0, 0.1) is 0 Å². The molecular weight excluding hydrogens is 274 g/mol. The van der Waals surface area contributed by atoms with E-state index >= 15 is 0 Å². The second kappa shape index (κ2) is 8.46. The van der Waals surface area contributed by atoms with Gasteiger partial charge in [-0.15, -0.1) is 0 Å². The molecule has 0 bridgehead atoms. The Hall–Kier alpha value is -1.83. The van der Waals surface area contributed by atoms with Gasteiger partial charge in [-0.05, 0) is 13.8 Å². The zero-order valence-corrected chi connectivity index (χ0v) is 12.8. The van der Waals surface area contributed by atoms with Gasteiger partial charge < -0.3 is 25.8 Å². The van der Waals surface area contributed by atoms with Gasteiger partial charge in [0.05, 0.1) is 13.1 Å². The van der Waals surface area contributed by atoms with Crippen LogP contribution in [0.15, 0.2) is 0 Å². The van der Waals surface area contributed by atoms with Gasteiger partial charge in [0.25, 0.3) is 0 Å². The summed E-state index contributed by atoms with van der Waals surface area (Å²) in [4.78, 5) is 40.3. The Kier molecular flexibility index (Phi) is 6.93. The van der Waals surface area contributed by atoms with Gasteiger partial charge >= 0.3 is 6.03 Å². The monoisotopic (exact) mass is 299 g/mol. The molecule has 1 aliphatic heterocycles. The Labute approximate surface area is 125 Å². The molecule has 1 heterocycles. The lowest BCUT2D eigenvalue weighted by molar-refractivity contribution is -0.133. The first-order valence-electron chi connectivity index (χ1n) is 7.31. The highest BCUT2D eigenvalue weighted by molar-refractivity contribution is 5.85. The topological polar surface area (TPSA) is 99.0 Å². The molecule has 0 aromatic carbocycles. The largest absolute Gasteiger partial charge is 0.346 e. The third kappa shape index (κ3) is 4.89. The molecule has 0 aromatic heterocycles. The van der Waals surface area contributed by atoms with E-state index in [1.54, 1.807) is 14.7 Å². The summed E-state index contributed by atoms with van der Waals surface area (Å²) in [6.07, 6.45) is 0. The third-order valence-electron chi connectivity index (χ3n) is 3.56. The third-order valence-corrected chi connectivity index (χ3v) is 3.56. The zero-order chi connectivity index (χ0) is 15.8. The molecule has 4 amide bonds. The predicted octanol–water partition coefficient (Wildman–Crippen LogP) is -1.33. The average Bonchev–Trinajstić information content (AvgIpc) is 2.53. The number of hydrogen-bond donors (Lipinski definition) is 2. The number of amides is 4. The van der Waals surface area contributed by atoms with Gasteiger partial charge in [-0.1, -0.05) is 0 Å². The molecule has 0 radical (unpaired) electrons. The van der Waals surface area contributed by atoms with Crippen molar-refractivity contribution in [3.63, 3.8) is 0 Å². The normalized spacial score (nSPS) is 14.8. The van der Waals surface area contributed by atoms with Crippen LogP contribution in [-0.4, -0.2) is 84.9 Å². The number of nitrogens with one attached hydrogen (secondary N) is 1. The molecule has 0 aromatic rings. The Morgan fingerprint density at radius 2 is 1.57 bits per heavy atom. The van der Waals surface area contributed by atoms with Crippen molar-refractivity contribution >= 4 is 17.8 Å². The fourth-order valence-corrected chi connectivity index (χ4v) is 2.20. The highest BCUT2D eigenvalue weighted by atomic mass is 16.2. The Bertz CT molecular complexity index is 376. The number of carbonyl (C=O) groups excluding carboxylic acids is 3. The van der Waals surface area contributed by atoms with Crippen molar-refractivity contribution in [3.8, 4) is 0 Å². The molecule has 8 heteroatoms. The van der Waals surface area contributed by atoms with E-state index in [2.05, 4.69) is 5.32 Å². The van der Waals surface area contributed by atoms with Gasteiger partial charge in [-0.25, -0.2) is 4.79 Å². The molecule has 1 aliphatic rings. The van der Waals surface area contributed by atoms with E-state index < -0.39 is 0 Å². The maximum Gasteiger partial charge on any atom is 0.320 e. The second-order valence-corrected chi connectivity index (χ2v) is 4.80. The summed E-state index contributed by atoms with van der Waals surface area (Å²) in [7, 11) is 0. The van der Waals surface area contributed by atoms with Crippen LogP contribution in [-0.2, 0) is 9.59 Å². The predicted molar refractivity (Wildman–Crippen MR) is 78.5 cm³/mol. The maximum absolute atomic E-state index is 12.2. The Morgan fingerprint density at radius 1 is 1.05 bits per heavy atom. The summed E-state index contributed by atoms with van der Waals surface area (Å²) in [5, 5.41) is 2.46. The molecule has 1 fully saturated rings. The standard InChI is InChI=1S/C13H25N5O3/c1-3-16(4-2)13(21)18-7-5-17(6-8-18)12(20)10-15-11(19)9-14/h3-10,14H2,1-2H3,(H,15,19). The van der Waals surface area contributed by atoms with Crippen molar-refractivity contribution in [2.75, 3.05) is 52.4 Å². The number of nitrogens with zero attached hydrogens (tertiary/aromatic N) is 3. The van der Waals surface area contributed by atoms with E-state index in [9.17, 15) is 14.4 Å². The molecular formula is C13H25N5O3. The first-order chi connectivity index (χ1) is 10.0. The molecule has 0 atom stereocenters. The summed E-state index contributed by atoms with van der Waals surface area (Å²) in [5.41, 5.74) is 5.16. The lowest BCUT2D eigenvalue weighted by atomic mass is 10.3. The number of carbonyl (C=O) groups is 3. The smallest absolute Gasteiger partial charge is 0.320 e. The summed E-state index contributed by atoms with van der Waals surface area (Å²) in [5.74, 6) is -0.495. The Morgan fingerprint density at radius 3 is 2.05 bits per heavy atom. The molecule has 120 valence electrons. The number of urea groups is 1. The number of nitrogens with two attached hydrogens (primary N) is 1. The first-order valence-corrected chi connectivity index (χ1v) is 7.31. The van der Waals surface area contributed by atoms with Crippen molar-refractivity contribution in [3.05, 3.63) is 0 Å². The van der Waals surface area contributed by atoms with Gasteiger partial charge in [0, 0.05) is 39.3 Å². The van der Waals surface area contributed by atoms with E-state index in [0.29, 0.717) is 39.3 Å². The van der Waals surface area contributed by atoms with E-state index in [-0.39, 0.29) is 30.9 Å². The quantitative estimate of drug-likeness (QED) is 0.657. The molecule has 1 rings (SSSR count). The SMILES string of the molecule is CCN(CC)C(=O)N1CCN(C(=O)CNC(=O)CN)CC1. The summed E-state index contributed by atoms with van der Waals surface area (Å²) in [6, 6.07) is 0.0172. The number of hydrogen-bond acceptors (Lipinski definition) is 4. The Balaban J connectivity index is 2.39. The minimum atomic E-state index is -0.348. The van der Waals surface area contributed by atoms with Gasteiger partial charge in [0.2, 0.25) is 11.8 Å². The van der Waals surface area contributed by atoms with Crippen LogP contribution in [0.25, 0.3) is 0 Å². The van der Waals surface area contributed by atoms with Gasteiger partial charge in [-0.3, -0.25) is 9.59 Å². The molecule has 8 nitrogen and oxygen atoms in total. The fraction of sp³-hybridized carbons (Fsp3) is 0.769. The second-order valence-electron chi connectivity index (χ2n) is 4.80. The highest BCUT2D eigenvalue weighted by Gasteiger charge is 2.26. The van der Waals surface area contributed by atoms with Crippen molar-refractivity contribution in [2.45, 2.75) is 13.8 Å². The minimum Gasteiger partial charge on any atom is -0.346 e. The highest BCUT2D eigenvalue weighted by Crippen LogP contribution is 2.06. The van der Waals surface area contributed by atoms with Crippen LogP contribution >= 0.6 is 0 Å².